The fourth-order valence-corrected chi connectivity index (χ4v) is 4.12. The van der Waals surface area contributed by atoms with Crippen molar-refractivity contribution in [3.63, 3.8) is 0 Å². The molecule has 2 heterocycles. The van der Waals surface area contributed by atoms with Crippen molar-refractivity contribution < 1.29 is 9.53 Å². The number of pyridine rings is 1. The number of nitrogens with zero attached hydrogens (tertiary/aromatic N) is 2. The third-order valence-corrected chi connectivity index (χ3v) is 5.70. The van der Waals surface area contributed by atoms with Gasteiger partial charge in [-0.3, -0.25) is 4.79 Å². The summed E-state index contributed by atoms with van der Waals surface area (Å²) < 4.78 is 6.23. The fraction of sp³-hybridized carbons (Fsp3) is 0.478. The summed E-state index contributed by atoms with van der Waals surface area (Å²) in [5, 5.41) is 3.38. The molecule has 5 nitrogen and oxygen atoms in total. The summed E-state index contributed by atoms with van der Waals surface area (Å²) in [6, 6.07) is 11.9. The van der Waals surface area contributed by atoms with Crippen LogP contribution in [0.1, 0.15) is 60.9 Å². The van der Waals surface area contributed by atoms with Crippen molar-refractivity contribution in [3.05, 3.63) is 53.7 Å². The molecular formula is C23H29N3O2. The SMILES string of the molecule is O=C(c1cccnc1NCc1ccccc1OC1CCCC1)N1CCCCC1. The molecule has 1 aliphatic carbocycles. The van der Waals surface area contributed by atoms with Crippen molar-refractivity contribution in [2.45, 2.75) is 57.6 Å². The monoisotopic (exact) mass is 379 g/mol. The first-order valence-electron chi connectivity index (χ1n) is 10.5. The van der Waals surface area contributed by atoms with E-state index in [0.29, 0.717) is 24.0 Å². The highest BCUT2D eigenvalue weighted by Gasteiger charge is 2.22. The molecule has 5 heteroatoms. The van der Waals surface area contributed by atoms with Crippen LogP contribution in [-0.4, -0.2) is 35.0 Å². The molecule has 4 rings (SSSR count). The van der Waals surface area contributed by atoms with Crippen LogP contribution in [0.15, 0.2) is 42.6 Å². The number of para-hydroxylation sites is 1. The Morgan fingerprint density at radius 2 is 1.82 bits per heavy atom. The van der Waals surface area contributed by atoms with Crippen molar-refractivity contribution in [2.24, 2.45) is 0 Å². The number of nitrogens with one attached hydrogen (secondary N) is 1. The van der Waals surface area contributed by atoms with Crippen molar-refractivity contribution >= 4 is 11.7 Å². The number of rotatable bonds is 6. The number of anilines is 1. The molecule has 1 amide bonds. The van der Waals surface area contributed by atoms with E-state index in [1.807, 2.05) is 35.2 Å². The van der Waals surface area contributed by atoms with Gasteiger partial charge in [0.05, 0.1) is 11.7 Å². The Morgan fingerprint density at radius 1 is 1.04 bits per heavy atom. The molecule has 28 heavy (non-hydrogen) atoms. The van der Waals surface area contributed by atoms with Gasteiger partial charge in [0.15, 0.2) is 0 Å². The van der Waals surface area contributed by atoms with Crippen LogP contribution in [0.3, 0.4) is 0 Å². The number of hydrogen-bond donors (Lipinski definition) is 1. The predicted molar refractivity (Wildman–Crippen MR) is 111 cm³/mol. The Hall–Kier alpha value is -2.56. The minimum absolute atomic E-state index is 0.0748. The number of likely N-dealkylation sites (tertiary alicyclic amines) is 1. The molecule has 1 N–H and O–H groups in total. The topological polar surface area (TPSA) is 54.5 Å². The van der Waals surface area contributed by atoms with Gasteiger partial charge in [0.2, 0.25) is 0 Å². The summed E-state index contributed by atoms with van der Waals surface area (Å²) in [5.74, 6) is 1.65. The number of aromatic nitrogens is 1. The minimum atomic E-state index is 0.0748. The zero-order valence-corrected chi connectivity index (χ0v) is 16.4. The zero-order valence-electron chi connectivity index (χ0n) is 16.4. The van der Waals surface area contributed by atoms with Gasteiger partial charge in [-0.05, 0) is 63.1 Å². The van der Waals surface area contributed by atoms with E-state index in [1.54, 1.807) is 6.20 Å². The maximum absolute atomic E-state index is 13.0. The number of carbonyl (C=O) groups is 1. The zero-order chi connectivity index (χ0) is 19.2. The van der Waals surface area contributed by atoms with Crippen LogP contribution in [0.5, 0.6) is 5.75 Å². The van der Waals surface area contributed by atoms with E-state index in [1.165, 1.54) is 19.3 Å². The van der Waals surface area contributed by atoms with E-state index in [4.69, 9.17) is 4.74 Å². The Morgan fingerprint density at radius 3 is 2.64 bits per heavy atom. The van der Waals surface area contributed by atoms with Crippen LogP contribution in [0, 0.1) is 0 Å². The van der Waals surface area contributed by atoms with Crippen LogP contribution >= 0.6 is 0 Å². The number of benzene rings is 1. The van der Waals surface area contributed by atoms with E-state index in [2.05, 4.69) is 16.4 Å². The van der Waals surface area contributed by atoms with Crippen molar-refractivity contribution in [3.8, 4) is 5.75 Å². The van der Waals surface area contributed by atoms with Gasteiger partial charge in [0, 0.05) is 31.4 Å². The normalized spacial score (nSPS) is 17.5. The maximum atomic E-state index is 13.0. The second-order valence-electron chi connectivity index (χ2n) is 7.74. The van der Waals surface area contributed by atoms with Gasteiger partial charge in [0.25, 0.3) is 5.91 Å². The second kappa shape index (κ2) is 9.09. The third-order valence-electron chi connectivity index (χ3n) is 5.70. The summed E-state index contributed by atoms with van der Waals surface area (Å²) in [5.41, 5.74) is 1.75. The summed E-state index contributed by atoms with van der Waals surface area (Å²) in [6.07, 6.45) is 10.2. The molecule has 2 aromatic rings. The van der Waals surface area contributed by atoms with E-state index in [9.17, 15) is 4.79 Å². The summed E-state index contributed by atoms with van der Waals surface area (Å²) >= 11 is 0. The van der Waals surface area contributed by atoms with Gasteiger partial charge in [-0.1, -0.05) is 18.2 Å². The van der Waals surface area contributed by atoms with Crippen LogP contribution in [0.2, 0.25) is 0 Å². The molecule has 1 saturated heterocycles. The second-order valence-corrected chi connectivity index (χ2v) is 7.74. The van der Waals surface area contributed by atoms with Gasteiger partial charge >= 0.3 is 0 Å². The minimum Gasteiger partial charge on any atom is -0.490 e. The largest absolute Gasteiger partial charge is 0.490 e. The molecule has 2 fully saturated rings. The molecule has 1 aromatic carbocycles. The molecule has 1 aromatic heterocycles. The molecule has 1 aliphatic heterocycles. The van der Waals surface area contributed by atoms with Gasteiger partial charge in [-0.25, -0.2) is 4.98 Å². The smallest absolute Gasteiger partial charge is 0.257 e. The van der Waals surface area contributed by atoms with Crippen molar-refractivity contribution in [1.82, 2.24) is 9.88 Å². The number of carbonyl (C=O) groups excluding carboxylic acids is 1. The fourth-order valence-electron chi connectivity index (χ4n) is 4.12. The maximum Gasteiger partial charge on any atom is 0.257 e. The van der Waals surface area contributed by atoms with E-state index in [0.717, 1.165) is 50.1 Å². The lowest BCUT2D eigenvalue weighted by Gasteiger charge is -2.27. The van der Waals surface area contributed by atoms with E-state index >= 15 is 0 Å². The average molecular weight is 380 g/mol. The Bertz CT molecular complexity index is 796. The molecule has 2 aliphatic rings. The highest BCUT2D eigenvalue weighted by atomic mass is 16.5. The Labute approximate surface area is 167 Å². The Balaban J connectivity index is 1.46. The van der Waals surface area contributed by atoms with Crippen LogP contribution < -0.4 is 10.1 Å². The van der Waals surface area contributed by atoms with Gasteiger partial charge in [-0.15, -0.1) is 0 Å². The molecule has 0 bridgehead atoms. The number of ether oxygens (including phenoxy) is 1. The summed E-state index contributed by atoms with van der Waals surface area (Å²) in [7, 11) is 0. The van der Waals surface area contributed by atoms with E-state index in [-0.39, 0.29) is 5.91 Å². The number of hydrogen-bond acceptors (Lipinski definition) is 4. The lowest BCUT2D eigenvalue weighted by atomic mass is 10.1. The average Bonchev–Trinajstić information content (AvgIpc) is 3.27. The van der Waals surface area contributed by atoms with Crippen molar-refractivity contribution in [1.29, 1.82) is 0 Å². The lowest BCUT2D eigenvalue weighted by Crippen LogP contribution is -2.36. The van der Waals surface area contributed by atoms with Crippen LogP contribution in [0.25, 0.3) is 0 Å². The first kappa shape index (κ1) is 18.8. The lowest BCUT2D eigenvalue weighted by molar-refractivity contribution is 0.0725. The van der Waals surface area contributed by atoms with Crippen molar-refractivity contribution in [2.75, 3.05) is 18.4 Å². The first-order valence-corrected chi connectivity index (χ1v) is 10.5. The highest BCUT2D eigenvalue weighted by molar-refractivity contribution is 5.98. The van der Waals surface area contributed by atoms with Crippen LogP contribution in [-0.2, 0) is 6.54 Å². The molecule has 1 saturated carbocycles. The van der Waals surface area contributed by atoms with Gasteiger partial charge in [0.1, 0.15) is 11.6 Å². The Kier molecular flexibility index (Phi) is 6.10. The molecule has 0 spiro atoms. The van der Waals surface area contributed by atoms with Gasteiger partial charge < -0.3 is 15.0 Å². The molecule has 0 atom stereocenters. The summed E-state index contributed by atoms with van der Waals surface area (Å²) in [6.45, 7) is 2.26. The van der Waals surface area contributed by atoms with E-state index < -0.39 is 0 Å². The highest BCUT2D eigenvalue weighted by Crippen LogP contribution is 2.27. The molecular weight excluding hydrogens is 350 g/mol. The standard InChI is InChI=1S/C23H29N3O2/c27-23(26-15-6-1-7-16-26)20-12-8-14-24-22(20)25-17-18-9-2-5-13-21(18)28-19-10-3-4-11-19/h2,5,8-9,12-14,19H,1,3-4,6-7,10-11,15-17H2,(H,24,25). The van der Waals surface area contributed by atoms with Gasteiger partial charge in [-0.2, -0.15) is 0 Å². The van der Waals surface area contributed by atoms with Crippen LogP contribution in [0.4, 0.5) is 5.82 Å². The predicted octanol–water partition coefficient (Wildman–Crippen LogP) is 4.64. The summed E-state index contributed by atoms with van der Waals surface area (Å²) in [4.78, 5) is 19.3. The quantitative estimate of drug-likeness (QED) is 0.794. The first-order chi connectivity index (χ1) is 13.8. The number of piperidine rings is 1. The molecule has 0 unspecified atom stereocenters. The number of amides is 1. The molecule has 0 radical (unpaired) electrons. The molecule has 148 valence electrons. The third kappa shape index (κ3) is 4.46.